The lowest BCUT2D eigenvalue weighted by molar-refractivity contribution is 0.111. The molecule has 0 aliphatic heterocycles. The fraction of sp³-hybridized carbons (Fsp3) is 0.500. The highest BCUT2D eigenvalue weighted by molar-refractivity contribution is 6.62. The van der Waals surface area contributed by atoms with Crippen molar-refractivity contribution in [3.63, 3.8) is 0 Å². The van der Waals surface area contributed by atoms with Crippen LogP contribution in [-0.4, -0.2) is 30.1 Å². The van der Waals surface area contributed by atoms with E-state index < -0.39 is 8.80 Å². The highest BCUT2D eigenvalue weighted by Gasteiger charge is 2.47. The summed E-state index contributed by atoms with van der Waals surface area (Å²) in [6.07, 6.45) is 0.895. The molecule has 0 amide bonds. The van der Waals surface area contributed by atoms with Crippen molar-refractivity contribution in [2.75, 3.05) is 27.1 Å². The smallest absolute Gasteiger partial charge is 0.399 e. The van der Waals surface area contributed by atoms with Crippen LogP contribution in [-0.2, 0) is 13.3 Å². The third-order valence-corrected chi connectivity index (χ3v) is 6.33. The summed E-state index contributed by atoms with van der Waals surface area (Å²) >= 11 is 0. The first-order chi connectivity index (χ1) is 8.13. The van der Waals surface area contributed by atoms with Crippen LogP contribution in [0.5, 0.6) is 0 Å². The maximum Gasteiger partial charge on any atom is 0.508 e. The summed E-state index contributed by atoms with van der Waals surface area (Å²) in [6, 6.07) is 7.78. The standard InChI is InChI=1S/C12H21NO3Si/c1-5-12(17(14-2,15-3)16-4)10-6-8-11(13)9-7-10/h6-9,12H,5,13H2,1-4H3. The zero-order valence-corrected chi connectivity index (χ0v) is 11.9. The Labute approximate surface area is 104 Å². The first kappa shape index (κ1) is 14.2. The summed E-state index contributed by atoms with van der Waals surface area (Å²) in [6.45, 7) is 2.10. The molecule has 0 saturated carbocycles. The van der Waals surface area contributed by atoms with E-state index in [4.69, 9.17) is 19.0 Å². The van der Waals surface area contributed by atoms with E-state index >= 15 is 0 Å². The molecule has 1 aromatic rings. The van der Waals surface area contributed by atoms with Gasteiger partial charge in [0.25, 0.3) is 0 Å². The van der Waals surface area contributed by atoms with Gasteiger partial charge >= 0.3 is 8.80 Å². The second-order valence-electron chi connectivity index (χ2n) is 3.84. The number of hydrogen-bond acceptors (Lipinski definition) is 4. The predicted octanol–water partition coefficient (Wildman–Crippen LogP) is 2.18. The van der Waals surface area contributed by atoms with E-state index in [-0.39, 0.29) is 5.54 Å². The van der Waals surface area contributed by atoms with E-state index in [2.05, 4.69) is 6.92 Å². The molecule has 2 N–H and O–H groups in total. The summed E-state index contributed by atoms with van der Waals surface area (Å²) in [4.78, 5) is 0. The predicted molar refractivity (Wildman–Crippen MR) is 70.7 cm³/mol. The maximum atomic E-state index is 5.69. The van der Waals surface area contributed by atoms with Crippen molar-refractivity contribution in [1.82, 2.24) is 0 Å². The number of hydrogen-bond donors (Lipinski definition) is 1. The molecule has 0 fully saturated rings. The number of nitrogens with two attached hydrogens (primary N) is 1. The Hall–Kier alpha value is -0.883. The van der Waals surface area contributed by atoms with Gasteiger partial charge in [-0.15, -0.1) is 0 Å². The topological polar surface area (TPSA) is 53.7 Å². The SMILES string of the molecule is CCC(c1ccc(N)cc1)[Si](OC)(OC)OC. The molecular weight excluding hydrogens is 234 g/mol. The summed E-state index contributed by atoms with van der Waals surface area (Å²) in [7, 11) is 2.27. The van der Waals surface area contributed by atoms with Gasteiger partial charge in [0.15, 0.2) is 0 Å². The van der Waals surface area contributed by atoms with Crippen LogP contribution in [0.4, 0.5) is 5.69 Å². The molecule has 1 rings (SSSR count). The third kappa shape index (κ3) is 2.87. The minimum atomic E-state index is -2.65. The van der Waals surface area contributed by atoms with Gasteiger partial charge in [0.1, 0.15) is 0 Å². The molecule has 0 aliphatic carbocycles. The van der Waals surface area contributed by atoms with Gasteiger partial charge < -0.3 is 19.0 Å². The van der Waals surface area contributed by atoms with Crippen LogP contribution in [0.1, 0.15) is 24.4 Å². The van der Waals surface area contributed by atoms with Crippen LogP contribution in [0.15, 0.2) is 24.3 Å². The second kappa shape index (κ2) is 6.16. The van der Waals surface area contributed by atoms with Crippen LogP contribution in [0.25, 0.3) is 0 Å². The molecule has 1 unspecified atom stereocenters. The van der Waals surface area contributed by atoms with Crippen molar-refractivity contribution in [2.45, 2.75) is 18.9 Å². The minimum Gasteiger partial charge on any atom is -0.399 e. The summed E-state index contributed by atoms with van der Waals surface area (Å²) in [5, 5.41) is 0. The van der Waals surface area contributed by atoms with E-state index in [1.54, 1.807) is 21.3 Å². The van der Waals surface area contributed by atoms with Gasteiger partial charge in [-0.3, -0.25) is 0 Å². The van der Waals surface area contributed by atoms with Gasteiger partial charge in [-0.2, -0.15) is 0 Å². The molecule has 17 heavy (non-hydrogen) atoms. The molecule has 0 aromatic heterocycles. The molecule has 0 radical (unpaired) electrons. The Morgan fingerprint density at radius 3 is 1.88 bits per heavy atom. The van der Waals surface area contributed by atoms with E-state index in [9.17, 15) is 0 Å². The summed E-state index contributed by atoms with van der Waals surface area (Å²) in [5.74, 6) is 0. The molecular formula is C12H21NO3Si. The lowest BCUT2D eigenvalue weighted by Crippen LogP contribution is -2.49. The summed E-state index contributed by atoms with van der Waals surface area (Å²) in [5.41, 5.74) is 7.71. The Morgan fingerprint density at radius 1 is 1.06 bits per heavy atom. The van der Waals surface area contributed by atoms with Crippen LogP contribution in [0.2, 0.25) is 0 Å². The third-order valence-electron chi connectivity index (χ3n) is 3.03. The van der Waals surface area contributed by atoms with Crippen molar-refractivity contribution >= 4 is 14.5 Å². The zero-order valence-electron chi connectivity index (χ0n) is 10.9. The summed E-state index contributed by atoms with van der Waals surface area (Å²) < 4.78 is 16.6. The first-order valence-corrected chi connectivity index (χ1v) is 7.44. The van der Waals surface area contributed by atoms with Crippen LogP contribution in [0, 0.1) is 0 Å². The quantitative estimate of drug-likeness (QED) is 0.625. The minimum absolute atomic E-state index is 0.128. The van der Waals surface area contributed by atoms with E-state index in [0.717, 1.165) is 17.7 Å². The molecule has 0 saturated heterocycles. The van der Waals surface area contributed by atoms with E-state index in [0.29, 0.717) is 0 Å². The first-order valence-electron chi connectivity index (χ1n) is 5.64. The molecule has 4 nitrogen and oxygen atoms in total. The fourth-order valence-corrected chi connectivity index (χ4v) is 4.55. The number of anilines is 1. The molecule has 0 heterocycles. The van der Waals surface area contributed by atoms with Crippen molar-refractivity contribution in [3.8, 4) is 0 Å². The van der Waals surface area contributed by atoms with E-state index in [1.807, 2.05) is 24.3 Å². The molecule has 1 atom stereocenters. The molecule has 0 spiro atoms. The van der Waals surface area contributed by atoms with Crippen LogP contribution < -0.4 is 5.73 Å². The number of nitrogen functional groups attached to an aromatic ring is 1. The van der Waals surface area contributed by atoms with Gasteiger partial charge in [0.2, 0.25) is 0 Å². The Balaban J connectivity index is 3.08. The Morgan fingerprint density at radius 2 is 1.53 bits per heavy atom. The van der Waals surface area contributed by atoms with Crippen molar-refractivity contribution < 1.29 is 13.3 Å². The van der Waals surface area contributed by atoms with Crippen molar-refractivity contribution in [3.05, 3.63) is 29.8 Å². The van der Waals surface area contributed by atoms with Crippen LogP contribution >= 0.6 is 0 Å². The average molecular weight is 255 g/mol. The normalized spacial score (nSPS) is 13.6. The average Bonchev–Trinajstić information content (AvgIpc) is 2.38. The lowest BCUT2D eigenvalue weighted by Gasteiger charge is -2.32. The monoisotopic (exact) mass is 255 g/mol. The van der Waals surface area contributed by atoms with Crippen molar-refractivity contribution in [1.29, 1.82) is 0 Å². The maximum absolute atomic E-state index is 5.69. The largest absolute Gasteiger partial charge is 0.508 e. The van der Waals surface area contributed by atoms with Gasteiger partial charge in [-0.1, -0.05) is 19.1 Å². The van der Waals surface area contributed by atoms with Gasteiger partial charge in [-0.05, 0) is 24.1 Å². The van der Waals surface area contributed by atoms with E-state index in [1.165, 1.54) is 0 Å². The van der Waals surface area contributed by atoms with Gasteiger partial charge in [-0.25, -0.2) is 0 Å². The van der Waals surface area contributed by atoms with Gasteiger partial charge in [0, 0.05) is 27.0 Å². The highest BCUT2D eigenvalue weighted by atomic mass is 28.4. The molecule has 5 heteroatoms. The highest BCUT2D eigenvalue weighted by Crippen LogP contribution is 2.31. The number of rotatable bonds is 6. The van der Waals surface area contributed by atoms with Crippen LogP contribution in [0.3, 0.4) is 0 Å². The molecule has 0 aliphatic rings. The second-order valence-corrected chi connectivity index (χ2v) is 6.97. The fourth-order valence-electron chi connectivity index (χ4n) is 2.09. The lowest BCUT2D eigenvalue weighted by atomic mass is 10.1. The number of benzene rings is 1. The molecule has 0 bridgehead atoms. The molecule has 1 aromatic carbocycles. The van der Waals surface area contributed by atoms with Crippen molar-refractivity contribution in [2.24, 2.45) is 0 Å². The Bertz CT molecular complexity index is 330. The zero-order chi connectivity index (χ0) is 12.9. The Kier molecular flexibility index (Phi) is 5.14. The molecule has 96 valence electrons. The van der Waals surface area contributed by atoms with Gasteiger partial charge in [0.05, 0.1) is 5.54 Å².